The molecule has 0 saturated heterocycles. The highest BCUT2D eigenvalue weighted by atomic mass is 19.4. The van der Waals surface area contributed by atoms with Gasteiger partial charge in [0.1, 0.15) is 0 Å². The molecule has 0 aromatic rings. The molecular formula is C8H13BF3-. The van der Waals surface area contributed by atoms with Gasteiger partial charge in [-0.1, -0.05) is 13.3 Å². The van der Waals surface area contributed by atoms with Gasteiger partial charge in [-0.3, -0.25) is 0 Å². The number of allylic oxidation sites excluding steroid dienone is 1. The largest absolute Gasteiger partial charge is 0.502 e. The molecule has 4 heteroatoms. The quantitative estimate of drug-likeness (QED) is 0.537. The first-order chi connectivity index (χ1) is 5.49. The van der Waals surface area contributed by atoms with E-state index in [-0.39, 0.29) is 5.92 Å². The molecule has 0 bridgehead atoms. The maximum atomic E-state index is 12.0. The molecule has 1 saturated carbocycles. The maximum Gasteiger partial charge on any atom is 0.502 e. The zero-order valence-electron chi connectivity index (χ0n) is 7.19. The lowest BCUT2D eigenvalue weighted by Crippen LogP contribution is -2.16. The monoisotopic (exact) mass is 177 g/mol. The average Bonchev–Trinajstić information content (AvgIpc) is 1.91. The second kappa shape index (κ2) is 3.54. The van der Waals surface area contributed by atoms with E-state index in [0.29, 0.717) is 18.0 Å². The van der Waals surface area contributed by atoms with Crippen molar-refractivity contribution in [3.05, 3.63) is 11.5 Å². The van der Waals surface area contributed by atoms with E-state index in [2.05, 4.69) is 0 Å². The Morgan fingerprint density at radius 1 is 1.33 bits per heavy atom. The molecule has 0 aliphatic heterocycles. The zero-order chi connectivity index (χ0) is 9.19. The van der Waals surface area contributed by atoms with Crippen LogP contribution in [0.25, 0.3) is 0 Å². The zero-order valence-corrected chi connectivity index (χ0v) is 7.19. The summed E-state index contributed by atoms with van der Waals surface area (Å²) in [4.78, 5) is 0. The van der Waals surface area contributed by atoms with Crippen LogP contribution in [0.2, 0.25) is 0 Å². The Hall–Kier alpha value is -0.405. The van der Waals surface area contributed by atoms with Crippen LogP contribution < -0.4 is 0 Å². The van der Waals surface area contributed by atoms with Gasteiger partial charge in [-0.25, -0.2) is 0 Å². The van der Waals surface area contributed by atoms with Crippen LogP contribution >= 0.6 is 0 Å². The molecule has 0 heterocycles. The van der Waals surface area contributed by atoms with E-state index < -0.39 is 6.98 Å². The number of rotatable bonds is 1. The Bertz CT molecular complexity index is 183. The first kappa shape index (κ1) is 9.68. The molecule has 0 aromatic heterocycles. The number of hydrogen-bond acceptors (Lipinski definition) is 0. The molecular weight excluding hydrogens is 164 g/mol. The van der Waals surface area contributed by atoms with E-state index in [1.807, 2.05) is 6.92 Å². The van der Waals surface area contributed by atoms with Crippen molar-refractivity contribution in [3.63, 3.8) is 0 Å². The molecule has 12 heavy (non-hydrogen) atoms. The van der Waals surface area contributed by atoms with Crippen molar-refractivity contribution in [1.82, 2.24) is 0 Å². The highest BCUT2D eigenvalue weighted by molar-refractivity contribution is 6.64. The summed E-state index contributed by atoms with van der Waals surface area (Å²) in [6.07, 6.45) is 3.55. The van der Waals surface area contributed by atoms with Crippen LogP contribution in [-0.2, 0) is 0 Å². The van der Waals surface area contributed by atoms with Gasteiger partial charge in [0, 0.05) is 0 Å². The van der Waals surface area contributed by atoms with Crippen molar-refractivity contribution in [2.75, 3.05) is 0 Å². The fraction of sp³-hybridized carbons (Fsp3) is 0.750. The molecule has 0 radical (unpaired) electrons. The minimum Gasteiger partial charge on any atom is -0.445 e. The second-order valence-corrected chi connectivity index (χ2v) is 3.51. The predicted molar refractivity (Wildman–Crippen MR) is 44.8 cm³/mol. The molecule has 1 unspecified atom stereocenters. The van der Waals surface area contributed by atoms with Crippen LogP contribution in [0.15, 0.2) is 11.5 Å². The van der Waals surface area contributed by atoms with Gasteiger partial charge in [-0.15, -0.1) is 11.5 Å². The number of hydrogen-bond donors (Lipinski definition) is 0. The Morgan fingerprint density at radius 3 is 2.50 bits per heavy atom. The van der Waals surface area contributed by atoms with Crippen LogP contribution in [-0.4, -0.2) is 6.98 Å². The van der Waals surface area contributed by atoms with Gasteiger partial charge >= 0.3 is 6.98 Å². The van der Waals surface area contributed by atoms with Gasteiger partial charge in [0.05, 0.1) is 0 Å². The summed E-state index contributed by atoms with van der Waals surface area (Å²) in [6, 6.07) is 0. The predicted octanol–water partition coefficient (Wildman–Crippen LogP) is 3.51. The van der Waals surface area contributed by atoms with Crippen LogP contribution in [0.4, 0.5) is 12.9 Å². The highest BCUT2D eigenvalue weighted by Gasteiger charge is 2.22. The molecule has 1 atom stereocenters. The van der Waals surface area contributed by atoms with Gasteiger partial charge in [0.15, 0.2) is 0 Å². The fourth-order valence-electron chi connectivity index (χ4n) is 1.70. The molecule has 0 N–H and O–H groups in total. The van der Waals surface area contributed by atoms with Crippen molar-refractivity contribution in [2.24, 2.45) is 5.92 Å². The summed E-state index contributed by atoms with van der Waals surface area (Å²) in [5.74, 6) is 0.686. The van der Waals surface area contributed by atoms with Crippen LogP contribution in [0.3, 0.4) is 0 Å². The maximum absolute atomic E-state index is 12.0. The molecule has 1 aliphatic carbocycles. The second-order valence-electron chi connectivity index (χ2n) is 3.51. The Labute approximate surface area is 70.9 Å². The molecule has 0 spiro atoms. The lowest BCUT2D eigenvalue weighted by Gasteiger charge is -2.24. The summed E-state index contributed by atoms with van der Waals surface area (Å²) in [7, 11) is 0. The smallest absolute Gasteiger partial charge is 0.445 e. The van der Waals surface area contributed by atoms with Crippen molar-refractivity contribution in [2.45, 2.75) is 32.6 Å². The molecule has 0 aromatic carbocycles. The van der Waals surface area contributed by atoms with Crippen molar-refractivity contribution in [1.29, 1.82) is 0 Å². The summed E-state index contributed by atoms with van der Waals surface area (Å²) in [5, 5.41) is 0. The summed E-state index contributed by atoms with van der Waals surface area (Å²) in [6.45, 7) is -2.84. The molecule has 1 aliphatic rings. The van der Waals surface area contributed by atoms with Crippen molar-refractivity contribution >= 4 is 6.98 Å². The fourth-order valence-corrected chi connectivity index (χ4v) is 1.70. The summed E-state index contributed by atoms with van der Waals surface area (Å²) >= 11 is 0. The van der Waals surface area contributed by atoms with Gasteiger partial charge in [-0.05, 0) is 25.2 Å². The molecule has 0 nitrogen and oxygen atoms in total. The Morgan fingerprint density at radius 2 is 2.00 bits per heavy atom. The molecule has 0 amide bonds. The minimum atomic E-state index is -4.72. The summed E-state index contributed by atoms with van der Waals surface area (Å²) in [5.41, 5.74) is 0.605. The highest BCUT2D eigenvalue weighted by Crippen LogP contribution is 2.30. The average molecular weight is 177 g/mol. The third-order valence-corrected chi connectivity index (χ3v) is 2.39. The van der Waals surface area contributed by atoms with E-state index in [1.54, 1.807) is 0 Å². The normalized spacial score (nSPS) is 29.3. The van der Waals surface area contributed by atoms with Gasteiger partial charge in [-0.2, -0.15) is 0 Å². The number of halogens is 3. The molecule has 1 fully saturated rings. The van der Waals surface area contributed by atoms with Gasteiger partial charge in [0.25, 0.3) is 0 Å². The lowest BCUT2D eigenvalue weighted by molar-refractivity contribution is 0.468. The Kier molecular flexibility index (Phi) is 2.86. The third-order valence-electron chi connectivity index (χ3n) is 2.39. The van der Waals surface area contributed by atoms with E-state index in [9.17, 15) is 12.9 Å². The first-order valence-electron chi connectivity index (χ1n) is 4.40. The standard InChI is InChI=1S/C8H13BF3/c1-7-4-2-3-5-8(7)6-9(10,11)12/h6-7H,2-5H2,1H3/q-1/b8-6+. The van der Waals surface area contributed by atoms with Gasteiger partial charge < -0.3 is 12.9 Å². The van der Waals surface area contributed by atoms with E-state index >= 15 is 0 Å². The van der Waals surface area contributed by atoms with Crippen LogP contribution in [0.5, 0.6) is 0 Å². The molecule has 70 valence electrons. The van der Waals surface area contributed by atoms with E-state index in [1.165, 1.54) is 0 Å². The minimum absolute atomic E-state index is 0.141. The Balaban J connectivity index is 2.65. The topological polar surface area (TPSA) is 0 Å². The van der Waals surface area contributed by atoms with Crippen molar-refractivity contribution in [3.8, 4) is 0 Å². The SMILES string of the molecule is CC1CCCC/C1=C\[B-](F)(F)F. The first-order valence-corrected chi connectivity index (χ1v) is 4.40. The van der Waals surface area contributed by atoms with E-state index in [4.69, 9.17) is 0 Å². The van der Waals surface area contributed by atoms with Crippen LogP contribution in [0.1, 0.15) is 32.6 Å². The van der Waals surface area contributed by atoms with E-state index in [0.717, 1.165) is 19.3 Å². The van der Waals surface area contributed by atoms with Crippen molar-refractivity contribution < 1.29 is 12.9 Å². The third kappa shape index (κ3) is 2.91. The lowest BCUT2D eigenvalue weighted by atomic mass is 9.78. The van der Waals surface area contributed by atoms with Gasteiger partial charge in [0.2, 0.25) is 0 Å². The molecule has 1 rings (SSSR count). The summed E-state index contributed by atoms with van der Waals surface area (Å²) < 4.78 is 36.0. The van der Waals surface area contributed by atoms with Crippen LogP contribution in [0, 0.1) is 5.92 Å².